The molecule has 2 aromatic rings. The quantitative estimate of drug-likeness (QED) is 0.868. The van der Waals surface area contributed by atoms with Gasteiger partial charge in [-0.3, -0.25) is 9.69 Å². The van der Waals surface area contributed by atoms with Crippen molar-refractivity contribution < 1.29 is 13.2 Å². The highest BCUT2D eigenvalue weighted by Crippen LogP contribution is 2.17. The van der Waals surface area contributed by atoms with Gasteiger partial charge in [-0.05, 0) is 42.0 Å². The molecule has 0 aliphatic carbocycles. The van der Waals surface area contributed by atoms with Crippen molar-refractivity contribution in [2.75, 3.05) is 19.3 Å². The number of benzene rings is 1. The van der Waals surface area contributed by atoms with Crippen molar-refractivity contribution in [1.29, 1.82) is 0 Å². The second-order valence-corrected chi connectivity index (χ2v) is 9.25. The van der Waals surface area contributed by atoms with Crippen LogP contribution in [0.15, 0.2) is 46.0 Å². The third kappa shape index (κ3) is 4.90. The van der Waals surface area contributed by atoms with E-state index in [-0.39, 0.29) is 11.9 Å². The molecule has 1 N–H and O–H groups in total. The van der Waals surface area contributed by atoms with Crippen LogP contribution in [0.3, 0.4) is 0 Å². The molecule has 1 aliphatic heterocycles. The molecule has 2 heterocycles. The maximum Gasteiger partial charge on any atom is 0.252 e. The Hall–Kier alpha value is -1.70. The third-order valence-corrected chi connectivity index (χ3v) is 6.28. The number of hydrogen-bond acceptors (Lipinski definition) is 5. The van der Waals surface area contributed by atoms with Crippen LogP contribution in [-0.4, -0.2) is 44.6 Å². The maximum atomic E-state index is 12.1. The van der Waals surface area contributed by atoms with Crippen molar-refractivity contribution in [1.82, 2.24) is 10.2 Å². The number of piperidine rings is 1. The number of carbonyl (C=O) groups excluding carboxylic acids is 1. The number of nitrogens with zero attached hydrogens (tertiary/aromatic N) is 1. The minimum Gasteiger partial charge on any atom is -0.349 e. The van der Waals surface area contributed by atoms with Crippen LogP contribution in [0.25, 0.3) is 0 Å². The minimum absolute atomic E-state index is 0.0102. The van der Waals surface area contributed by atoms with Crippen molar-refractivity contribution in [3.63, 3.8) is 0 Å². The zero-order chi connectivity index (χ0) is 17.9. The molecule has 0 radical (unpaired) electrons. The Morgan fingerprint density at radius 1 is 1.20 bits per heavy atom. The van der Waals surface area contributed by atoms with E-state index in [9.17, 15) is 13.2 Å². The number of sulfone groups is 1. The average molecular weight is 379 g/mol. The summed E-state index contributed by atoms with van der Waals surface area (Å²) < 4.78 is 23.0. The van der Waals surface area contributed by atoms with E-state index in [2.05, 4.69) is 10.2 Å². The lowest BCUT2D eigenvalue weighted by Crippen LogP contribution is -2.44. The van der Waals surface area contributed by atoms with E-state index in [1.54, 1.807) is 12.1 Å². The molecule has 0 saturated carbocycles. The summed E-state index contributed by atoms with van der Waals surface area (Å²) in [5.74, 6) is 0.0102. The topological polar surface area (TPSA) is 66.5 Å². The van der Waals surface area contributed by atoms with Gasteiger partial charge in [0.15, 0.2) is 9.84 Å². The van der Waals surface area contributed by atoms with Crippen LogP contribution in [0.5, 0.6) is 0 Å². The summed E-state index contributed by atoms with van der Waals surface area (Å²) in [6, 6.07) is 9.14. The highest BCUT2D eigenvalue weighted by molar-refractivity contribution is 7.90. The van der Waals surface area contributed by atoms with Crippen LogP contribution < -0.4 is 5.32 Å². The van der Waals surface area contributed by atoms with Crippen LogP contribution in [-0.2, 0) is 16.4 Å². The number of likely N-dealkylation sites (tertiary alicyclic amines) is 1. The third-order valence-electron chi connectivity index (χ3n) is 4.46. The van der Waals surface area contributed by atoms with Gasteiger partial charge < -0.3 is 5.32 Å². The van der Waals surface area contributed by atoms with Crippen LogP contribution in [0.1, 0.15) is 28.8 Å². The lowest BCUT2D eigenvalue weighted by Gasteiger charge is -2.32. The maximum absolute atomic E-state index is 12.1. The van der Waals surface area contributed by atoms with Crippen LogP contribution >= 0.6 is 11.3 Å². The molecule has 25 heavy (non-hydrogen) atoms. The zero-order valence-corrected chi connectivity index (χ0v) is 15.8. The summed E-state index contributed by atoms with van der Waals surface area (Å²) in [5.41, 5.74) is 1.84. The molecular formula is C18H22N2O3S2. The van der Waals surface area contributed by atoms with Crippen molar-refractivity contribution in [2.24, 2.45) is 0 Å². The molecule has 3 rings (SSSR count). The molecule has 1 aromatic carbocycles. The zero-order valence-electron chi connectivity index (χ0n) is 14.1. The molecule has 0 unspecified atom stereocenters. The standard InChI is InChI=1S/C18H22N2O3S2/c1-25(22,23)17-4-2-14(3-5-17)12-20-9-6-16(7-10-20)19-18(21)15-8-11-24-13-15/h2-5,8,11,13,16H,6-7,9-10,12H2,1H3,(H,19,21). The molecule has 1 fully saturated rings. The van der Waals surface area contributed by atoms with Crippen LogP contribution in [0.4, 0.5) is 0 Å². The summed E-state index contributed by atoms with van der Waals surface area (Å²) in [6.07, 6.45) is 3.08. The van der Waals surface area contributed by atoms with E-state index in [0.29, 0.717) is 4.90 Å². The van der Waals surface area contributed by atoms with Gasteiger partial charge >= 0.3 is 0 Å². The summed E-state index contributed by atoms with van der Waals surface area (Å²) in [5, 5.41) is 6.88. The number of nitrogens with one attached hydrogen (secondary N) is 1. The van der Waals surface area contributed by atoms with Crippen molar-refractivity contribution in [3.8, 4) is 0 Å². The molecule has 1 saturated heterocycles. The monoisotopic (exact) mass is 378 g/mol. The van der Waals surface area contributed by atoms with Gasteiger partial charge in [0.05, 0.1) is 4.90 Å². The highest BCUT2D eigenvalue weighted by atomic mass is 32.2. The predicted octanol–water partition coefficient (Wildman–Crippen LogP) is 2.55. The van der Waals surface area contributed by atoms with Gasteiger partial charge in [0.1, 0.15) is 0 Å². The fraction of sp³-hybridized carbons (Fsp3) is 0.389. The molecule has 0 spiro atoms. The number of hydrogen-bond donors (Lipinski definition) is 1. The van der Waals surface area contributed by atoms with E-state index >= 15 is 0 Å². The fourth-order valence-corrected chi connectivity index (χ4v) is 4.26. The Labute approximate surface area is 152 Å². The molecule has 1 aliphatic rings. The Kier molecular flexibility index (Phi) is 5.56. The van der Waals surface area contributed by atoms with Gasteiger partial charge in [0.25, 0.3) is 5.91 Å². The Balaban J connectivity index is 1.48. The van der Waals surface area contributed by atoms with E-state index in [1.165, 1.54) is 17.6 Å². The number of amides is 1. The molecule has 0 bridgehead atoms. The summed E-state index contributed by atoms with van der Waals surface area (Å²) in [7, 11) is -3.14. The SMILES string of the molecule is CS(=O)(=O)c1ccc(CN2CCC(NC(=O)c3ccsc3)CC2)cc1. The Morgan fingerprint density at radius 2 is 1.88 bits per heavy atom. The smallest absolute Gasteiger partial charge is 0.252 e. The van der Waals surface area contributed by atoms with Gasteiger partial charge in [0, 0.05) is 42.9 Å². The van der Waals surface area contributed by atoms with E-state index in [4.69, 9.17) is 0 Å². The molecule has 7 heteroatoms. The average Bonchev–Trinajstić information content (AvgIpc) is 3.11. The van der Waals surface area contributed by atoms with Gasteiger partial charge in [-0.2, -0.15) is 11.3 Å². The largest absolute Gasteiger partial charge is 0.349 e. The van der Waals surface area contributed by atoms with Crippen molar-refractivity contribution >= 4 is 27.1 Å². The highest BCUT2D eigenvalue weighted by Gasteiger charge is 2.21. The second kappa shape index (κ2) is 7.68. The van der Waals surface area contributed by atoms with Gasteiger partial charge in [-0.1, -0.05) is 12.1 Å². The lowest BCUT2D eigenvalue weighted by molar-refractivity contribution is 0.0909. The Morgan fingerprint density at radius 3 is 2.44 bits per heavy atom. The first-order valence-electron chi connectivity index (χ1n) is 8.26. The second-order valence-electron chi connectivity index (χ2n) is 6.45. The van der Waals surface area contributed by atoms with E-state index < -0.39 is 9.84 Å². The van der Waals surface area contributed by atoms with Crippen molar-refractivity contribution in [3.05, 3.63) is 52.2 Å². The predicted molar refractivity (Wildman–Crippen MR) is 99.6 cm³/mol. The minimum atomic E-state index is -3.14. The first kappa shape index (κ1) is 18.1. The summed E-state index contributed by atoms with van der Waals surface area (Å²) in [6.45, 7) is 2.64. The Bertz CT molecular complexity index is 807. The fourth-order valence-electron chi connectivity index (χ4n) is 3.00. The lowest BCUT2D eigenvalue weighted by atomic mass is 10.0. The van der Waals surface area contributed by atoms with E-state index in [1.807, 2.05) is 29.0 Å². The van der Waals surface area contributed by atoms with Crippen LogP contribution in [0, 0.1) is 0 Å². The first-order valence-corrected chi connectivity index (χ1v) is 11.1. The molecular weight excluding hydrogens is 356 g/mol. The summed E-state index contributed by atoms with van der Waals surface area (Å²) >= 11 is 1.53. The molecule has 1 aromatic heterocycles. The molecule has 1 amide bonds. The van der Waals surface area contributed by atoms with Crippen molar-refractivity contribution in [2.45, 2.75) is 30.3 Å². The van der Waals surface area contributed by atoms with Crippen LogP contribution in [0.2, 0.25) is 0 Å². The number of carbonyl (C=O) groups is 1. The summed E-state index contributed by atoms with van der Waals surface area (Å²) in [4.78, 5) is 14.8. The van der Waals surface area contributed by atoms with E-state index in [0.717, 1.165) is 43.6 Å². The van der Waals surface area contributed by atoms with Gasteiger partial charge in [-0.15, -0.1) is 0 Å². The van der Waals surface area contributed by atoms with Gasteiger partial charge in [-0.25, -0.2) is 8.42 Å². The molecule has 5 nitrogen and oxygen atoms in total. The van der Waals surface area contributed by atoms with Gasteiger partial charge in [0.2, 0.25) is 0 Å². The first-order chi connectivity index (χ1) is 11.9. The normalized spacial score (nSPS) is 16.7. The number of thiophene rings is 1. The number of rotatable bonds is 5. The molecule has 134 valence electrons. The molecule has 0 atom stereocenters.